The number of carbonyl (C=O) groups is 1. The number of benzene rings is 2. The Kier molecular flexibility index (Phi) is 6.39. The minimum atomic E-state index is 0.00692. The molecule has 0 radical (unpaired) electrons. The highest BCUT2D eigenvalue weighted by Crippen LogP contribution is 2.41. The Labute approximate surface area is 174 Å². The average Bonchev–Trinajstić information content (AvgIpc) is 3.14. The first-order valence-electron chi connectivity index (χ1n) is 10.3. The summed E-state index contributed by atoms with van der Waals surface area (Å²) in [5.41, 5.74) is 4.76. The van der Waals surface area contributed by atoms with Crippen molar-refractivity contribution in [2.45, 2.75) is 6.54 Å². The molecule has 30 heavy (non-hydrogen) atoms. The third-order valence-corrected chi connectivity index (χ3v) is 5.27. The maximum Gasteiger partial charge on any atom is 0.196 e. The molecule has 0 saturated heterocycles. The highest BCUT2D eigenvalue weighted by molar-refractivity contribution is 6.27. The van der Waals surface area contributed by atoms with E-state index in [0.29, 0.717) is 50.4 Å². The van der Waals surface area contributed by atoms with Gasteiger partial charge in [0.1, 0.15) is 5.69 Å². The number of hydrogen-bond acceptors (Lipinski definition) is 7. The van der Waals surface area contributed by atoms with Gasteiger partial charge in [0.05, 0.1) is 30.8 Å². The van der Waals surface area contributed by atoms with Crippen molar-refractivity contribution in [2.24, 2.45) is 0 Å². The maximum atomic E-state index is 13.4. The molecule has 0 bridgehead atoms. The third-order valence-electron chi connectivity index (χ3n) is 5.27. The Hall–Kier alpha value is -2.78. The van der Waals surface area contributed by atoms with Gasteiger partial charge in [0, 0.05) is 54.9 Å². The lowest BCUT2D eigenvalue weighted by molar-refractivity contribution is 0.104. The summed E-state index contributed by atoms with van der Waals surface area (Å²) in [6.45, 7) is 3.93. The summed E-state index contributed by atoms with van der Waals surface area (Å²) in [6.07, 6.45) is 0. The van der Waals surface area contributed by atoms with Crippen LogP contribution in [-0.2, 0) is 6.54 Å². The number of anilines is 1. The van der Waals surface area contributed by atoms with Crippen molar-refractivity contribution < 1.29 is 15.0 Å². The van der Waals surface area contributed by atoms with Gasteiger partial charge in [-0.2, -0.15) is 5.10 Å². The number of hydrogen-bond donors (Lipinski definition) is 5. The summed E-state index contributed by atoms with van der Waals surface area (Å²) < 4.78 is 1.93. The molecule has 3 aromatic rings. The van der Waals surface area contributed by atoms with E-state index in [9.17, 15) is 4.79 Å². The van der Waals surface area contributed by atoms with Crippen molar-refractivity contribution in [3.63, 3.8) is 0 Å². The zero-order valence-corrected chi connectivity index (χ0v) is 16.8. The molecular formula is C22H27N5O3. The molecule has 8 nitrogen and oxygen atoms in total. The second-order valence-corrected chi connectivity index (χ2v) is 7.20. The third kappa shape index (κ3) is 3.82. The van der Waals surface area contributed by atoms with E-state index in [1.54, 1.807) is 0 Å². The number of ketones is 1. The van der Waals surface area contributed by atoms with Crippen LogP contribution in [0.2, 0.25) is 0 Å². The van der Waals surface area contributed by atoms with Gasteiger partial charge in [0.15, 0.2) is 5.78 Å². The van der Waals surface area contributed by atoms with Crippen molar-refractivity contribution in [3.8, 4) is 11.3 Å². The van der Waals surface area contributed by atoms with Gasteiger partial charge in [0.25, 0.3) is 0 Å². The first kappa shape index (κ1) is 20.5. The van der Waals surface area contributed by atoms with E-state index in [4.69, 9.17) is 15.3 Å². The van der Waals surface area contributed by atoms with Gasteiger partial charge in [-0.3, -0.25) is 9.48 Å². The molecule has 0 unspecified atom stereocenters. The summed E-state index contributed by atoms with van der Waals surface area (Å²) in [5, 5.41) is 33.3. The summed E-state index contributed by atoms with van der Waals surface area (Å²) in [4.78, 5) is 13.4. The number of aromatic nitrogens is 2. The fraction of sp³-hybridized carbons (Fsp3) is 0.364. The first-order chi connectivity index (χ1) is 14.8. The molecule has 158 valence electrons. The molecule has 1 heterocycles. The van der Waals surface area contributed by atoms with E-state index in [1.165, 1.54) is 0 Å². The van der Waals surface area contributed by atoms with Gasteiger partial charge in [-0.25, -0.2) is 0 Å². The fourth-order valence-electron chi connectivity index (χ4n) is 3.91. The van der Waals surface area contributed by atoms with Crippen LogP contribution in [-0.4, -0.2) is 71.7 Å². The van der Waals surface area contributed by atoms with Crippen molar-refractivity contribution in [3.05, 3.63) is 47.5 Å². The summed E-state index contributed by atoms with van der Waals surface area (Å²) in [5.74, 6) is 0.00692. The van der Waals surface area contributed by atoms with Gasteiger partial charge in [-0.05, 0) is 12.1 Å². The number of nitrogens with zero attached hydrogens (tertiary/aromatic N) is 2. The lowest BCUT2D eigenvalue weighted by atomic mass is 9.86. The average molecular weight is 409 g/mol. The van der Waals surface area contributed by atoms with Gasteiger partial charge >= 0.3 is 0 Å². The molecule has 2 aromatic carbocycles. The number of carbonyl (C=O) groups excluding carboxylic acids is 1. The van der Waals surface area contributed by atoms with Crippen LogP contribution in [0.15, 0.2) is 36.4 Å². The molecule has 0 amide bonds. The van der Waals surface area contributed by atoms with Crippen LogP contribution in [0, 0.1) is 0 Å². The van der Waals surface area contributed by atoms with Crippen LogP contribution in [0.25, 0.3) is 22.2 Å². The van der Waals surface area contributed by atoms with Crippen molar-refractivity contribution in [1.29, 1.82) is 0 Å². The van der Waals surface area contributed by atoms with E-state index in [2.05, 4.69) is 16.0 Å². The predicted molar refractivity (Wildman–Crippen MR) is 117 cm³/mol. The van der Waals surface area contributed by atoms with E-state index in [0.717, 1.165) is 27.8 Å². The molecule has 8 heteroatoms. The molecule has 1 aliphatic rings. The molecule has 5 N–H and O–H groups in total. The summed E-state index contributed by atoms with van der Waals surface area (Å²) >= 11 is 0. The van der Waals surface area contributed by atoms with Crippen molar-refractivity contribution in [1.82, 2.24) is 20.4 Å². The number of rotatable bonds is 11. The van der Waals surface area contributed by atoms with Gasteiger partial charge in [-0.15, -0.1) is 0 Å². The summed E-state index contributed by atoms with van der Waals surface area (Å²) in [7, 11) is 0. The Balaban J connectivity index is 1.72. The Morgan fingerprint density at radius 3 is 2.37 bits per heavy atom. The highest BCUT2D eigenvalue weighted by Gasteiger charge is 2.30. The van der Waals surface area contributed by atoms with Crippen LogP contribution in [0.3, 0.4) is 0 Å². The molecule has 0 fully saturated rings. The largest absolute Gasteiger partial charge is 0.395 e. The number of nitrogens with one attached hydrogen (secondary N) is 3. The van der Waals surface area contributed by atoms with Gasteiger partial charge in [0.2, 0.25) is 0 Å². The minimum absolute atomic E-state index is 0.00692. The minimum Gasteiger partial charge on any atom is -0.395 e. The van der Waals surface area contributed by atoms with Crippen LogP contribution >= 0.6 is 0 Å². The van der Waals surface area contributed by atoms with Crippen LogP contribution in [0.1, 0.15) is 15.9 Å². The van der Waals surface area contributed by atoms with E-state index in [-0.39, 0.29) is 19.0 Å². The van der Waals surface area contributed by atoms with Crippen LogP contribution in [0.4, 0.5) is 5.69 Å². The van der Waals surface area contributed by atoms with Crippen LogP contribution < -0.4 is 16.0 Å². The zero-order valence-electron chi connectivity index (χ0n) is 16.8. The smallest absolute Gasteiger partial charge is 0.196 e. The molecule has 0 atom stereocenters. The monoisotopic (exact) mass is 409 g/mol. The van der Waals surface area contributed by atoms with Crippen LogP contribution in [0.5, 0.6) is 0 Å². The Morgan fingerprint density at radius 2 is 1.60 bits per heavy atom. The molecular weight excluding hydrogens is 382 g/mol. The van der Waals surface area contributed by atoms with E-state index in [1.807, 2.05) is 41.1 Å². The predicted octanol–water partition coefficient (Wildman–Crippen LogP) is 0.823. The number of fused-ring (bicyclic) bond motifs is 2. The van der Waals surface area contributed by atoms with Crippen molar-refractivity contribution in [2.75, 3.05) is 51.3 Å². The second kappa shape index (κ2) is 9.36. The maximum absolute atomic E-state index is 13.4. The first-order valence-corrected chi connectivity index (χ1v) is 10.3. The SMILES string of the molecule is O=C1c2ccccc2-c2nn(CCNCCO)c3ccc(NCCNCCO)c1c23. The lowest BCUT2D eigenvalue weighted by Crippen LogP contribution is -2.25. The van der Waals surface area contributed by atoms with E-state index >= 15 is 0 Å². The second-order valence-electron chi connectivity index (χ2n) is 7.20. The zero-order chi connectivity index (χ0) is 20.9. The van der Waals surface area contributed by atoms with Crippen molar-refractivity contribution >= 4 is 22.4 Å². The molecule has 0 spiro atoms. The standard InChI is InChI=1S/C22H27N5O3/c28-13-10-23-7-8-25-17-5-6-18-20-19(17)22(30)16-4-2-1-3-15(16)21(20)26-27(18)12-9-24-11-14-29/h1-6,23-25,28-29H,7-14H2. The number of aliphatic hydroxyl groups excluding tert-OH is 2. The fourth-order valence-corrected chi connectivity index (χ4v) is 3.91. The highest BCUT2D eigenvalue weighted by atomic mass is 16.3. The van der Waals surface area contributed by atoms with Gasteiger partial charge in [-0.1, -0.05) is 24.3 Å². The quantitative estimate of drug-likeness (QED) is 0.233. The Morgan fingerprint density at radius 1 is 0.867 bits per heavy atom. The number of aliphatic hydroxyl groups is 2. The van der Waals surface area contributed by atoms with Gasteiger partial charge < -0.3 is 26.2 Å². The molecule has 0 saturated carbocycles. The topological polar surface area (TPSA) is 111 Å². The molecule has 1 aromatic heterocycles. The normalized spacial score (nSPS) is 12.4. The summed E-state index contributed by atoms with van der Waals surface area (Å²) in [6, 6.07) is 11.6. The molecule has 1 aliphatic carbocycles. The molecule has 0 aliphatic heterocycles. The Bertz CT molecular complexity index is 1050. The lowest BCUT2D eigenvalue weighted by Gasteiger charge is -2.18. The van der Waals surface area contributed by atoms with E-state index < -0.39 is 0 Å². The molecule has 4 rings (SSSR count).